The van der Waals surface area contributed by atoms with Crippen LogP contribution in [0.5, 0.6) is 0 Å². The molecule has 14 heavy (non-hydrogen) atoms. The van der Waals surface area contributed by atoms with Crippen LogP contribution in [-0.4, -0.2) is 17.8 Å². The SMILES string of the molecule is C=C[C@H]1CO[C@@H](c2ccccc2)[C@H]1O. The van der Waals surface area contributed by atoms with E-state index < -0.39 is 6.10 Å². The van der Waals surface area contributed by atoms with Crippen LogP contribution in [0.15, 0.2) is 43.0 Å². The van der Waals surface area contributed by atoms with Gasteiger partial charge in [-0.2, -0.15) is 0 Å². The van der Waals surface area contributed by atoms with Crippen molar-refractivity contribution in [2.75, 3.05) is 6.61 Å². The van der Waals surface area contributed by atoms with E-state index in [2.05, 4.69) is 6.58 Å². The van der Waals surface area contributed by atoms with Gasteiger partial charge in [0.25, 0.3) is 0 Å². The number of rotatable bonds is 2. The van der Waals surface area contributed by atoms with E-state index in [1.807, 2.05) is 30.3 Å². The topological polar surface area (TPSA) is 29.5 Å². The maximum absolute atomic E-state index is 9.91. The maximum atomic E-state index is 9.91. The molecule has 1 heterocycles. The number of aliphatic hydroxyl groups is 1. The summed E-state index contributed by atoms with van der Waals surface area (Å²) in [5, 5.41) is 9.91. The van der Waals surface area contributed by atoms with Crippen molar-refractivity contribution < 1.29 is 9.84 Å². The number of hydrogen-bond donors (Lipinski definition) is 1. The summed E-state index contributed by atoms with van der Waals surface area (Å²) in [6.45, 7) is 4.24. The Balaban J connectivity index is 2.18. The van der Waals surface area contributed by atoms with Crippen molar-refractivity contribution in [1.82, 2.24) is 0 Å². The third-order valence-corrected chi connectivity index (χ3v) is 2.65. The maximum Gasteiger partial charge on any atom is 0.109 e. The molecule has 2 rings (SSSR count). The molecule has 0 unspecified atom stereocenters. The fourth-order valence-corrected chi connectivity index (χ4v) is 1.78. The lowest BCUT2D eigenvalue weighted by Crippen LogP contribution is -2.18. The Hall–Kier alpha value is -1.12. The van der Waals surface area contributed by atoms with Gasteiger partial charge in [0.05, 0.1) is 12.7 Å². The zero-order valence-corrected chi connectivity index (χ0v) is 7.97. The van der Waals surface area contributed by atoms with Gasteiger partial charge in [-0.3, -0.25) is 0 Å². The molecule has 2 nitrogen and oxygen atoms in total. The van der Waals surface area contributed by atoms with Gasteiger partial charge in [-0.15, -0.1) is 6.58 Å². The summed E-state index contributed by atoms with van der Waals surface area (Å²) in [7, 11) is 0. The monoisotopic (exact) mass is 190 g/mol. The lowest BCUT2D eigenvalue weighted by molar-refractivity contribution is 0.0398. The van der Waals surface area contributed by atoms with Gasteiger partial charge in [-0.25, -0.2) is 0 Å². The second-order valence-electron chi connectivity index (χ2n) is 3.55. The van der Waals surface area contributed by atoms with Crippen LogP contribution in [0.1, 0.15) is 11.7 Å². The molecule has 1 aliphatic heterocycles. The number of ether oxygens (including phenoxy) is 1. The van der Waals surface area contributed by atoms with E-state index in [0.717, 1.165) is 5.56 Å². The molecule has 0 spiro atoms. The van der Waals surface area contributed by atoms with Crippen LogP contribution in [0.25, 0.3) is 0 Å². The van der Waals surface area contributed by atoms with Crippen molar-refractivity contribution in [3.05, 3.63) is 48.6 Å². The Bertz CT molecular complexity index is 307. The Kier molecular flexibility index (Phi) is 2.66. The van der Waals surface area contributed by atoms with E-state index in [-0.39, 0.29) is 12.0 Å². The Morgan fingerprint density at radius 1 is 1.36 bits per heavy atom. The van der Waals surface area contributed by atoms with Gasteiger partial charge in [0.1, 0.15) is 6.10 Å². The van der Waals surface area contributed by atoms with Crippen molar-refractivity contribution in [3.63, 3.8) is 0 Å². The van der Waals surface area contributed by atoms with Crippen molar-refractivity contribution in [2.24, 2.45) is 5.92 Å². The third kappa shape index (κ3) is 1.59. The van der Waals surface area contributed by atoms with Crippen LogP contribution >= 0.6 is 0 Å². The fraction of sp³-hybridized carbons (Fsp3) is 0.333. The highest BCUT2D eigenvalue weighted by atomic mass is 16.5. The largest absolute Gasteiger partial charge is 0.389 e. The molecule has 0 saturated carbocycles. The summed E-state index contributed by atoms with van der Waals surface area (Å²) in [4.78, 5) is 0. The molecule has 1 aliphatic rings. The smallest absolute Gasteiger partial charge is 0.109 e. The summed E-state index contributed by atoms with van der Waals surface area (Å²) >= 11 is 0. The van der Waals surface area contributed by atoms with E-state index in [1.165, 1.54) is 0 Å². The predicted molar refractivity (Wildman–Crippen MR) is 54.8 cm³/mol. The zero-order valence-electron chi connectivity index (χ0n) is 7.97. The molecule has 1 fully saturated rings. The summed E-state index contributed by atoms with van der Waals surface area (Å²) < 4.78 is 5.53. The molecule has 1 aromatic carbocycles. The van der Waals surface area contributed by atoms with Crippen LogP contribution < -0.4 is 0 Å². The van der Waals surface area contributed by atoms with Crippen molar-refractivity contribution in [1.29, 1.82) is 0 Å². The summed E-state index contributed by atoms with van der Waals surface area (Å²) in [5.41, 5.74) is 1.03. The number of benzene rings is 1. The fourth-order valence-electron chi connectivity index (χ4n) is 1.78. The second-order valence-corrected chi connectivity index (χ2v) is 3.55. The van der Waals surface area contributed by atoms with E-state index in [0.29, 0.717) is 6.61 Å². The van der Waals surface area contributed by atoms with E-state index in [1.54, 1.807) is 6.08 Å². The van der Waals surface area contributed by atoms with Crippen LogP contribution in [0.3, 0.4) is 0 Å². The summed E-state index contributed by atoms with van der Waals surface area (Å²) in [6.07, 6.45) is 1.10. The predicted octanol–water partition coefficient (Wildman–Crippen LogP) is 1.92. The van der Waals surface area contributed by atoms with Crippen LogP contribution in [-0.2, 0) is 4.74 Å². The minimum Gasteiger partial charge on any atom is -0.389 e. The Morgan fingerprint density at radius 3 is 2.64 bits per heavy atom. The molecule has 1 saturated heterocycles. The standard InChI is InChI=1S/C12H14O2/c1-2-9-8-14-12(11(9)13)10-6-4-3-5-7-10/h2-7,9,11-13H,1,8H2/t9-,11-,12-/m0/s1. The molecule has 0 amide bonds. The molecule has 0 aromatic heterocycles. The average Bonchev–Trinajstić information content (AvgIpc) is 2.61. The molecule has 74 valence electrons. The number of hydrogen-bond acceptors (Lipinski definition) is 2. The first kappa shape index (κ1) is 9.44. The third-order valence-electron chi connectivity index (χ3n) is 2.65. The van der Waals surface area contributed by atoms with Crippen LogP contribution in [0.4, 0.5) is 0 Å². The van der Waals surface area contributed by atoms with Gasteiger partial charge in [0, 0.05) is 5.92 Å². The molecular formula is C12H14O2. The van der Waals surface area contributed by atoms with Gasteiger partial charge in [0.15, 0.2) is 0 Å². The molecule has 0 aliphatic carbocycles. The minimum absolute atomic E-state index is 0.0557. The van der Waals surface area contributed by atoms with Gasteiger partial charge in [0.2, 0.25) is 0 Å². The van der Waals surface area contributed by atoms with Crippen LogP contribution in [0.2, 0.25) is 0 Å². The number of aliphatic hydroxyl groups excluding tert-OH is 1. The minimum atomic E-state index is -0.463. The highest BCUT2D eigenvalue weighted by molar-refractivity contribution is 5.20. The first-order chi connectivity index (χ1) is 6.83. The molecule has 3 atom stereocenters. The van der Waals surface area contributed by atoms with Gasteiger partial charge in [-0.05, 0) is 5.56 Å². The van der Waals surface area contributed by atoms with Gasteiger partial charge >= 0.3 is 0 Å². The lowest BCUT2D eigenvalue weighted by Gasteiger charge is -2.15. The lowest BCUT2D eigenvalue weighted by atomic mass is 9.97. The van der Waals surface area contributed by atoms with Crippen LogP contribution in [0, 0.1) is 5.92 Å². The highest BCUT2D eigenvalue weighted by Crippen LogP contribution is 2.32. The Labute approximate surface area is 83.8 Å². The quantitative estimate of drug-likeness (QED) is 0.722. The zero-order chi connectivity index (χ0) is 9.97. The van der Waals surface area contributed by atoms with E-state index >= 15 is 0 Å². The molecule has 1 aromatic rings. The second kappa shape index (κ2) is 3.95. The van der Waals surface area contributed by atoms with E-state index in [4.69, 9.17) is 4.74 Å². The summed E-state index contributed by atoms with van der Waals surface area (Å²) in [6, 6.07) is 9.80. The van der Waals surface area contributed by atoms with Crippen molar-refractivity contribution >= 4 is 0 Å². The first-order valence-corrected chi connectivity index (χ1v) is 4.80. The van der Waals surface area contributed by atoms with E-state index in [9.17, 15) is 5.11 Å². The van der Waals surface area contributed by atoms with Gasteiger partial charge < -0.3 is 9.84 Å². The normalized spacial score (nSPS) is 31.6. The molecule has 0 radical (unpaired) electrons. The van der Waals surface area contributed by atoms with Crippen molar-refractivity contribution in [3.8, 4) is 0 Å². The molecule has 2 heteroatoms. The van der Waals surface area contributed by atoms with Gasteiger partial charge in [-0.1, -0.05) is 36.4 Å². The molecule has 0 bridgehead atoms. The van der Waals surface area contributed by atoms with Crippen molar-refractivity contribution in [2.45, 2.75) is 12.2 Å². The molecule has 1 N–H and O–H groups in total. The molecular weight excluding hydrogens is 176 g/mol. The Morgan fingerprint density at radius 2 is 2.07 bits per heavy atom. The summed E-state index contributed by atoms with van der Waals surface area (Å²) in [5.74, 6) is 0.0557. The first-order valence-electron chi connectivity index (χ1n) is 4.80. The average molecular weight is 190 g/mol. The highest BCUT2D eigenvalue weighted by Gasteiger charge is 2.34.